The number of carbonyl (C=O) groups excluding carboxylic acids is 1. The molecule has 0 aliphatic carbocycles. The lowest BCUT2D eigenvalue weighted by atomic mass is 10.0. The number of benzene rings is 2. The molecule has 0 aromatic heterocycles. The molecule has 1 aliphatic heterocycles. The number of thioether (sulfide) groups is 1. The van der Waals surface area contributed by atoms with Gasteiger partial charge in [-0.05, 0) is 29.5 Å². The van der Waals surface area contributed by atoms with Gasteiger partial charge in [0.15, 0.2) is 0 Å². The van der Waals surface area contributed by atoms with Crippen LogP contribution in [0.4, 0.5) is 0 Å². The second-order valence-electron chi connectivity index (χ2n) is 5.73. The van der Waals surface area contributed by atoms with E-state index in [0.29, 0.717) is 22.2 Å². The first-order valence-corrected chi connectivity index (χ1v) is 9.26. The van der Waals surface area contributed by atoms with Gasteiger partial charge in [-0.25, -0.2) is 0 Å². The Morgan fingerprint density at radius 2 is 2.00 bits per heavy atom. The Labute approximate surface area is 160 Å². The number of carbonyl (C=O) groups is 2. The predicted octanol–water partition coefficient (Wildman–Crippen LogP) is 3.91. The molecule has 1 aliphatic rings. The van der Waals surface area contributed by atoms with Gasteiger partial charge in [0.1, 0.15) is 10.1 Å². The molecule has 0 saturated carbocycles. The lowest BCUT2D eigenvalue weighted by Crippen LogP contribution is -2.29. The van der Waals surface area contributed by atoms with E-state index in [0.717, 1.165) is 22.1 Å². The molecule has 26 heavy (non-hydrogen) atoms. The Bertz CT molecular complexity index is 923. The number of thiocarbonyl (C=S) groups is 1. The summed E-state index contributed by atoms with van der Waals surface area (Å²) in [5.74, 6) is -0.278. The van der Waals surface area contributed by atoms with E-state index in [1.165, 1.54) is 16.7 Å². The van der Waals surface area contributed by atoms with Crippen LogP contribution in [0.25, 0.3) is 16.8 Å². The van der Waals surface area contributed by atoms with Gasteiger partial charge in [0, 0.05) is 18.4 Å². The number of hydrogen-bond donors (Lipinski definition) is 1. The number of ether oxygens (including phenoxy) is 1. The fourth-order valence-corrected chi connectivity index (χ4v) is 4.12. The average molecular weight is 387 g/mol. The molecule has 7 heteroatoms. The molecule has 2 aromatic carbocycles. The van der Waals surface area contributed by atoms with E-state index in [4.69, 9.17) is 22.1 Å². The van der Waals surface area contributed by atoms with E-state index in [1.54, 1.807) is 7.11 Å². The van der Waals surface area contributed by atoms with E-state index in [1.807, 2.05) is 42.5 Å². The number of fused-ring (bicyclic) bond motifs is 1. The lowest BCUT2D eigenvalue weighted by Gasteiger charge is -2.13. The highest BCUT2D eigenvalue weighted by Crippen LogP contribution is 2.35. The van der Waals surface area contributed by atoms with Crippen molar-refractivity contribution in [2.45, 2.75) is 12.8 Å². The van der Waals surface area contributed by atoms with E-state index >= 15 is 0 Å². The van der Waals surface area contributed by atoms with Crippen molar-refractivity contribution < 1.29 is 19.4 Å². The molecule has 1 fully saturated rings. The molecule has 0 bridgehead atoms. The van der Waals surface area contributed by atoms with Crippen LogP contribution in [-0.4, -0.2) is 39.9 Å². The number of aliphatic carboxylic acids is 1. The van der Waals surface area contributed by atoms with Gasteiger partial charge in [-0.15, -0.1) is 0 Å². The van der Waals surface area contributed by atoms with Crippen molar-refractivity contribution in [3.05, 3.63) is 46.9 Å². The molecule has 5 nitrogen and oxygen atoms in total. The molecule has 1 saturated heterocycles. The van der Waals surface area contributed by atoms with E-state index in [2.05, 4.69) is 0 Å². The molecule has 3 rings (SSSR count). The number of carboxylic acids is 1. The van der Waals surface area contributed by atoms with Crippen molar-refractivity contribution in [2.75, 3.05) is 13.7 Å². The van der Waals surface area contributed by atoms with Gasteiger partial charge in [0.05, 0.1) is 12.0 Å². The molecule has 0 atom stereocenters. The zero-order valence-corrected chi connectivity index (χ0v) is 15.7. The summed E-state index contributed by atoms with van der Waals surface area (Å²) in [5.41, 5.74) is 0.910. The summed E-state index contributed by atoms with van der Waals surface area (Å²) >= 11 is 6.53. The molecule has 0 spiro atoms. The van der Waals surface area contributed by atoms with Crippen molar-refractivity contribution in [3.8, 4) is 5.75 Å². The Kier molecular flexibility index (Phi) is 5.58. The summed E-state index contributed by atoms with van der Waals surface area (Å²) in [6, 6.07) is 11.6. The second-order valence-corrected chi connectivity index (χ2v) is 7.41. The van der Waals surface area contributed by atoms with E-state index in [9.17, 15) is 9.59 Å². The van der Waals surface area contributed by atoms with Gasteiger partial charge in [-0.2, -0.15) is 0 Å². The summed E-state index contributed by atoms with van der Waals surface area (Å²) in [7, 11) is 1.63. The zero-order valence-electron chi connectivity index (χ0n) is 14.1. The smallest absolute Gasteiger partial charge is 0.303 e. The molecule has 134 valence electrons. The number of amides is 1. The number of hydrogen-bond acceptors (Lipinski definition) is 5. The van der Waals surface area contributed by atoms with Gasteiger partial charge >= 0.3 is 5.97 Å². The van der Waals surface area contributed by atoms with Crippen LogP contribution in [0.1, 0.15) is 18.4 Å². The van der Waals surface area contributed by atoms with Crippen LogP contribution < -0.4 is 4.74 Å². The van der Waals surface area contributed by atoms with Crippen LogP contribution in [0.2, 0.25) is 0 Å². The first-order valence-electron chi connectivity index (χ1n) is 8.04. The predicted molar refractivity (Wildman–Crippen MR) is 107 cm³/mol. The molecular weight excluding hydrogens is 370 g/mol. The minimum Gasteiger partial charge on any atom is -0.496 e. The average Bonchev–Trinajstić information content (AvgIpc) is 2.89. The molecule has 0 radical (unpaired) electrons. The summed E-state index contributed by atoms with van der Waals surface area (Å²) in [6.07, 6.45) is 2.22. The highest BCUT2D eigenvalue weighted by molar-refractivity contribution is 8.26. The maximum absolute atomic E-state index is 12.6. The lowest BCUT2D eigenvalue weighted by molar-refractivity contribution is -0.137. The largest absolute Gasteiger partial charge is 0.496 e. The van der Waals surface area contributed by atoms with Crippen LogP contribution >= 0.6 is 24.0 Å². The summed E-state index contributed by atoms with van der Waals surface area (Å²) in [6.45, 7) is 0.317. The Hall–Kier alpha value is -2.38. The monoisotopic (exact) mass is 387 g/mol. The summed E-state index contributed by atoms with van der Waals surface area (Å²) in [5, 5.41) is 10.7. The van der Waals surface area contributed by atoms with Crippen molar-refractivity contribution in [3.63, 3.8) is 0 Å². The first kappa shape index (κ1) is 18.4. The maximum Gasteiger partial charge on any atom is 0.303 e. The molecule has 1 N–H and O–H groups in total. The minimum absolute atomic E-state index is 0.0131. The first-order chi connectivity index (χ1) is 12.5. The highest BCUT2D eigenvalue weighted by atomic mass is 32.2. The van der Waals surface area contributed by atoms with Crippen molar-refractivity contribution >= 4 is 57.0 Å². The highest BCUT2D eigenvalue weighted by Gasteiger charge is 2.31. The number of methoxy groups -OCH3 is 1. The zero-order chi connectivity index (χ0) is 18.7. The number of rotatable bonds is 6. The maximum atomic E-state index is 12.6. The Balaban J connectivity index is 1.89. The van der Waals surface area contributed by atoms with Gasteiger partial charge in [-0.1, -0.05) is 54.3 Å². The molecule has 1 heterocycles. The van der Waals surface area contributed by atoms with Crippen molar-refractivity contribution in [1.82, 2.24) is 4.90 Å². The normalized spacial score (nSPS) is 15.9. The Morgan fingerprint density at radius 3 is 2.69 bits per heavy atom. The third kappa shape index (κ3) is 3.73. The summed E-state index contributed by atoms with van der Waals surface area (Å²) < 4.78 is 5.86. The fraction of sp³-hybridized carbons (Fsp3) is 0.211. The second kappa shape index (κ2) is 7.88. The third-order valence-corrected chi connectivity index (χ3v) is 5.45. The van der Waals surface area contributed by atoms with E-state index in [-0.39, 0.29) is 12.3 Å². The topological polar surface area (TPSA) is 66.8 Å². The fourth-order valence-electron chi connectivity index (χ4n) is 2.82. The minimum atomic E-state index is -0.879. The van der Waals surface area contributed by atoms with Gasteiger partial charge < -0.3 is 9.84 Å². The standard InChI is InChI=1S/C19H17NO4S2/c1-24-15-9-8-12(13-5-2-3-6-14(13)15)11-16-18(23)20(19(25)26-16)10-4-7-17(21)22/h2-3,5-6,8-9,11H,4,7,10H2,1H3,(H,21,22). The van der Waals surface area contributed by atoms with Crippen LogP contribution in [0.3, 0.4) is 0 Å². The molecule has 1 amide bonds. The molecule has 0 unspecified atom stereocenters. The van der Waals surface area contributed by atoms with Crippen molar-refractivity contribution in [1.29, 1.82) is 0 Å². The Morgan fingerprint density at radius 1 is 1.27 bits per heavy atom. The van der Waals surface area contributed by atoms with Crippen LogP contribution in [0.5, 0.6) is 5.75 Å². The van der Waals surface area contributed by atoms with Crippen LogP contribution in [0.15, 0.2) is 41.3 Å². The number of nitrogens with zero attached hydrogens (tertiary/aromatic N) is 1. The summed E-state index contributed by atoms with van der Waals surface area (Å²) in [4.78, 5) is 25.3. The van der Waals surface area contributed by atoms with Crippen LogP contribution in [0, 0.1) is 0 Å². The molecule has 2 aromatic rings. The van der Waals surface area contributed by atoms with Gasteiger partial charge in [0.25, 0.3) is 5.91 Å². The SMILES string of the molecule is COc1ccc(C=C2SC(=S)N(CCCC(=O)O)C2=O)c2ccccc12. The van der Waals surface area contributed by atoms with E-state index < -0.39 is 5.97 Å². The van der Waals surface area contributed by atoms with Crippen LogP contribution in [-0.2, 0) is 9.59 Å². The number of carboxylic acid groups (broad SMARTS) is 1. The van der Waals surface area contributed by atoms with Gasteiger partial charge in [0.2, 0.25) is 0 Å². The quantitative estimate of drug-likeness (QED) is 0.599. The molecular formula is C19H17NO4S2. The van der Waals surface area contributed by atoms with Gasteiger partial charge in [-0.3, -0.25) is 14.5 Å². The van der Waals surface area contributed by atoms with Crippen molar-refractivity contribution in [2.24, 2.45) is 0 Å². The third-order valence-electron chi connectivity index (χ3n) is 4.07.